The highest BCUT2D eigenvalue weighted by Crippen LogP contribution is 2.35. The van der Waals surface area contributed by atoms with Crippen LogP contribution < -0.4 is 9.47 Å². The van der Waals surface area contributed by atoms with Crippen LogP contribution in [0.5, 0.6) is 11.5 Å². The summed E-state index contributed by atoms with van der Waals surface area (Å²) in [6.45, 7) is 9.90. The van der Waals surface area contributed by atoms with Gasteiger partial charge in [-0.05, 0) is 54.2 Å². The van der Waals surface area contributed by atoms with Crippen molar-refractivity contribution in [2.45, 2.75) is 40.5 Å². The maximum absolute atomic E-state index is 11.2. The van der Waals surface area contributed by atoms with Gasteiger partial charge in [0.15, 0.2) is 0 Å². The molecule has 3 heteroatoms. The van der Waals surface area contributed by atoms with Crippen LogP contribution in [0.25, 0.3) is 0 Å². The lowest BCUT2D eigenvalue weighted by molar-refractivity contribution is -0.131. The first-order valence-corrected chi connectivity index (χ1v) is 8.27. The molecule has 0 radical (unpaired) electrons. The van der Waals surface area contributed by atoms with E-state index < -0.39 is 0 Å². The smallest absolute Gasteiger partial charge is 0.308 e. The van der Waals surface area contributed by atoms with Gasteiger partial charge in [-0.1, -0.05) is 38.1 Å². The van der Waals surface area contributed by atoms with Gasteiger partial charge < -0.3 is 9.47 Å². The predicted octanol–water partition coefficient (Wildman–Crippen LogP) is 5.03. The van der Waals surface area contributed by atoms with Gasteiger partial charge in [-0.15, -0.1) is 0 Å². The molecule has 128 valence electrons. The fourth-order valence-corrected chi connectivity index (χ4v) is 3.19. The van der Waals surface area contributed by atoms with Crippen molar-refractivity contribution in [3.8, 4) is 11.5 Å². The second-order valence-electron chi connectivity index (χ2n) is 6.57. The Kier molecular flexibility index (Phi) is 5.66. The molecule has 0 aromatic heterocycles. The first kappa shape index (κ1) is 18.1. The molecule has 1 atom stereocenters. The number of esters is 1. The number of hydrogen-bond donors (Lipinski definition) is 0. The molecule has 0 heterocycles. The summed E-state index contributed by atoms with van der Waals surface area (Å²) in [7, 11) is 1.69. The molecule has 0 aliphatic heterocycles. The van der Waals surface area contributed by atoms with Crippen molar-refractivity contribution in [3.05, 3.63) is 58.7 Å². The summed E-state index contributed by atoms with van der Waals surface area (Å²) in [6, 6.07) is 12.4. The van der Waals surface area contributed by atoms with E-state index >= 15 is 0 Å². The Morgan fingerprint density at radius 1 is 0.917 bits per heavy atom. The quantitative estimate of drug-likeness (QED) is 0.571. The van der Waals surface area contributed by atoms with Crippen LogP contribution in [-0.4, -0.2) is 13.1 Å². The summed E-state index contributed by atoms with van der Waals surface area (Å²) in [5, 5.41) is 0. The van der Waals surface area contributed by atoms with E-state index in [0.717, 1.165) is 16.9 Å². The molecule has 1 unspecified atom stereocenters. The summed E-state index contributed by atoms with van der Waals surface area (Å²) >= 11 is 0. The number of benzene rings is 2. The Hall–Kier alpha value is -2.29. The highest BCUT2D eigenvalue weighted by Gasteiger charge is 2.20. The number of rotatable bonds is 5. The first-order chi connectivity index (χ1) is 11.3. The van der Waals surface area contributed by atoms with Gasteiger partial charge in [0.2, 0.25) is 0 Å². The van der Waals surface area contributed by atoms with Crippen LogP contribution in [0.2, 0.25) is 0 Å². The Balaban J connectivity index is 2.43. The van der Waals surface area contributed by atoms with Crippen molar-refractivity contribution in [1.82, 2.24) is 0 Å². The molecule has 0 aliphatic rings. The van der Waals surface area contributed by atoms with Gasteiger partial charge in [0.1, 0.15) is 11.5 Å². The minimum absolute atomic E-state index is 0.277. The van der Waals surface area contributed by atoms with E-state index in [2.05, 4.69) is 45.0 Å². The van der Waals surface area contributed by atoms with Crippen molar-refractivity contribution in [2.75, 3.05) is 7.11 Å². The summed E-state index contributed by atoms with van der Waals surface area (Å²) in [4.78, 5) is 11.2. The van der Waals surface area contributed by atoms with Crippen molar-refractivity contribution < 1.29 is 14.3 Å². The molecule has 3 nitrogen and oxygen atoms in total. The van der Waals surface area contributed by atoms with E-state index in [1.54, 1.807) is 7.11 Å². The largest absolute Gasteiger partial charge is 0.496 e. The van der Waals surface area contributed by atoms with E-state index in [4.69, 9.17) is 9.47 Å². The lowest BCUT2D eigenvalue weighted by Crippen LogP contribution is -2.10. The van der Waals surface area contributed by atoms with Crippen LogP contribution >= 0.6 is 0 Å². The number of methoxy groups -OCH3 is 1. The molecular formula is C21H26O3. The summed E-state index contributed by atoms with van der Waals surface area (Å²) in [6.07, 6.45) is 0. The molecule has 0 N–H and O–H groups in total. The molecule has 0 spiro atoms. The third kappa shape index (κ3) is 3.97. The van der Waals surface area contributed by atoms with Gasteiger partial charge in [0.25, 0.3) is 0 Å². The lowest BCUT2D eigenvalue weighted by Gasteiger charge is -2.24. The molecule has 0 saturated carbocycles. The van der Waals surface area contributed by atoms with Crippen LogP contribution in [0.3, 0.4) is 0 Å². The van der Waals surface area contributed by atoms with Gasteiger partial charge in [-0.3, -0.25) is 4.79 Å². The van der Waals surface area contributed by atoms with Crippen molar-refractivity contribution >= 4 is 5.97 Å². The number of ether oxygens (including phenoxy) is 2. The van der Waals surface area contributed by atoms with Crippen LogP contribution in [0.4, 0.5) is 0 Å². The zero-order valence-electron chi connectivity index (χ0n) is 15.3. The Morgan fingerprint density at radius 2 is 1.42 bits per heavy atom. The van der Waals surface area contributed by atoms with Gasteiger partial charge in [-0.2, -0.15) is 0 Å². The molecular weight excluding hydrogens is 300 g/mol. The van der Waals surface area contributed by atoms with E-state index in [9.17, 15) is 4.79 Å². The first-order valence-electron chi connectivity index (χ1n) is 8.27. The van der Waals surface area contributed by atoms with Gasteiger partial charge in [0, 0.05) is 12.8 Å². The fraction of sp³-hybridized carbons (Fsp3) is 0.381. The highest BCUT2D eigenvalue weighted by molar-refractivity contribution is 5.69. The van der Waals surface area contributed by atoms with Crippen molar-refractivity contribution in [2.24, 2.45) is 5.92 Å². The zero-order chi connectivity index (χ0) is 17.9. The third-order valence-electron chi connectivity index (χ3n) is 4.26. The monoisotopic (exact) mass is 326 g/mol. The minimum Gasteiger partial charge on any atom is -0.496 e. The van der Waals surface area contributed by atoms with Gasteiger partial charge in [0.05, 0.1) is 7.11 Å². The second kappa shape index (κ2) is 7.52. The Morgan fingerprint density at radius 3 is 1.79 bits per heavy atom. The number of carbonyl (C=O) groups excluding carboxylic acids is 1. The molecule has 2 rings (SSSR count). The molecule has 24 heavy (non-hydrogen) atoms. The molecule has 2 aromatic rings. The van der Waals surface area contributed by atoms with E-state index in [0.29, 0.717) is 11.7 Å². The number of aryl methyl sites for hydroxylation is 2. The second-order valence-corrected chi connectivity index (χ2v) is 6.57. The lowest BCUT2D eigenvalue weighted by atomic mass is 9.81. The van der Waals surface area contributed by atoms with Crippen molar-refractivity contribution in [3.63, 3.8) is 0 Å². The molecule has 0 amide bonds. The van der Waals surface area contributed by atoms with E-state index in [1.807, 2.05) is 19.1 Å². The average Bonchev–Trinajstić information content (AvgIpc) is 2.49. The Bertz CT molecular complexity index is 732. The minimum atomic E-state index is -0.294. The fourth-order valence-electron chi connectivity index (χ4n) is 3.19. The standard InChI is InChI=1S/C21H26O3/c1-13(2)21(17-7-9-19(23-6)14(3)11-17)18-8-10-20(15(4)12-18)24-16(5)22/h7-13,21H,1-6H3. The summed E-state index contributed by atoms with van der Waals surface area (Å²) in [5.74, 6) is 1.95. The van der Waals surface area contributed by atoms with Crippen LogP contribution in [0.15, 0.2) is 36.4 Å². The molecule has 0 fully saturated rings. The number of hydrogen-bond acceptors (Lipinski definition) is 3. The summed E-state index contributed by atoms with van der Waals surface area (Å²) < 4.78 is 10.6. The normalized spacial score (nSPS) is 12.1. The van der Waals surface area contributed by atoms with Crippen LogP contribution in [-0.2, 0) is 4.79 Å². The number of carbonyl (C=O) groups is 1. The average molecular weight is 326 g/mol. The molecule has 0 saturated heterocycles. The van der Waals surface area contributed by atoms with E-state index in [-0.39, 0.29) is 11.9 Å². The summed E-state index contributed by atoms with van der Waals surface area (Å²) in [5.41, 5.74) is 4.60. The van der Waals surface area contributed by atoms with Crippen LogP contribution in [0.1, 0.15) is 48.9 Å². The third-order valence-corrected chi connectivity index (χ3v) is 4.26. The molecule has 0 bridgehead atoms. The zero-order valence-corrected chi connectivity index (χ0v) is 15.3. The highest BCUT2D eigenvalue weighted by atomic mass is 16.5. The SMILES string of the molecule is COc1ccc(C(c2ccc(OC(C)=O)c(C)c2)C(C)C)cc1C. The van der Waals surface area contributed by atoms with E-state index in [1.165, 1.54) is 18.1 Å². The van der Waals surface area contributed by atoms with Gasteiger partial charge in [-0.25, -0.2) is 0 Å². The topological polar surface area (TPSA) is 35.5 Å². The molecule has 2 aromatic carbocycles. The van der Waals surface area contributed by atoms with Crippen LogP contribution in [0, 0.1) is 19.8 Å². The van der Waals surface area contributed by atoms with Gasteiger partial charge >= 0.3 is 5.97 Å². The predicted molar refractivity (Wildman–Crippen MR) is 96.9 cm³/mol. The maximum atomic E-state index is 11.2. The Labute approximate surface area is 144 Å². The van der Waals surface area contributed by atoms with Crippen molar-refractivity contribution in [1.29, 1.82) is 0 Å². The molecule has 0 aliphatic carbocycles. The maximum Gasteiger partial charge on any atom is 0.308 e.